The molecule has 1 aliphatic heterocycles. The lowest BCUT2D eigenvalue weighted by Gasteiger charge is -2.38. The summed E-state index contributed by atoms with van der Waals surface area (Å²) < 4.78 is 0. The summed E-state index contributed by atoms with van der Waals surface area (Å²) in [6.45, 7) is 12.5. The van der Waals surface area contributed by atoms with Crippen LogP contribution in [0.2, 0.25) is 0 Å². The lowest BCUT2D eigenvalue weighted by molar-refractivity contribution is 0.392. The van der Waals surface area contributed by atoms with Gasteiger partial charge in [0.05, 0.1) is 0 Å². The van der Waals surface area contributed by atoms with Crippen LogP contribution in [0.4, 0.5) is 5.69 Å². The van der Waals surface area contributed by atoms with Crippen LogP contribution in [0.25, 0.3) is 0 Å². The van der Waals surface area contributed by atoms with Crippen LogP contribution in [0, 0.1) is 11.8 Å². The first-order chi connectivity index (χ1) is 9.11. The van der Waals surface area contributed by atoms with Crippen LogP contribution in [-0.2, 0) is 6.42 Å². The van der Waals surface area contributed by atoms with Crippen molar-refractivity contribution in [1.29, 1.82) is 0 Å². The summed E-state index contributed by atoms with van der Waals surface area (Å²) in [6, 6.07) is 9.47. The number of fused-ring (bicyclic) bond motifs is 1. The molecule has 106 valence electrons. The van der Waals surface area contributed by atoms with Crippen molar-refractivity contribution in [1.82, 2.24) is 5.32 Å². The molecular formula is C17H28N2. The Kier molecular flexibility index (Phi) is 4.87. The van der Waals surface area contributed by atoms with Gasteiger partial charge in [0, 0.05) is 24.8 Å². The van der Waals surface area contributed by atoms with Crippen molar-refractivity contribution in [2.24, 2.45) is 11.8 Å². The molecule has 2 nitrogen and oxygen atoms in total. The first-order valence-corrected chi connectivity index (χ1v) is 7.68. The summed E-state index contributed by atoms with van der Waals surface area (Å²) in [6.07, 6.45) is 1.22. The average molecular weight is 260 g/mol. The molecule has 2 unspecified atom stereocenters. The summed E-state index contributed by atoms with van der Waals surface area (Å²) in [4.78, 5) is 2.58. The van der Waals surface area contributed by atoms with Crippen molar-refractivity contribution in [2.45, 2.75) is 40.2 Å². The Hall–Kier alpha value is -1.02. The van der Waals surface area contributed by atoms with E-state index in [-0.39, 0.29) is 0 Å². The highest BCUT2D eigenvalue weighted by Crippen LogP contribution is 2.29. The van der Waals surface area contributed by atoms with Crippen LogP contribution in [0.3, 0.4) is 0 Å². The van der Waals surface area contributed by atoms with Gasteiger partial charge >= 0.3 is 0 Å². The van der Waals surface area contributed by atoms with Gasteiger partial charge in [0.1, 0.15) is 0 Å². The second-order valence-electron chi connectivity index (χ2n) is 6.25. The lowest BCUT2D eigenvalue weighted by Crippen LogP contribution is -2.47. The van der Waals surface area contributed by atoms with Crippen LogP contribution >= 0.6 is 0 Å². The molecule has 2 atom stereocenters. The summed E-state index contributed by atoms with van der Waals surface area (Å²) >= 11 is 0. The van der Waals surface area contributed by atoms with Gasteiger partial charge in [-0.3, -0.25) is 0 Å². The van der Waals surface area contributed by atoms with Gasteiger partial charge in [0.15, 0.2) is 0 Å². The Morgan fingerprint density at radius 1 is 1.32 bits per heavy atom. The fourth-order valence-electron chi connectivity index (χ4n) is 3.09. The highest BCUT2D eigenvalue weighted by atomic mass is 15.2. The molecule has 1 aliphatic rings. The van der Waals surface area contributed by atoms with Gasteiger partial charge in [0.25, 0.3) is 0 Å². The Bertz CT molecular complexity index is 400. The summed E-state index contributed by atoms with van der Waals surface area (Å²) in [7, 11) is 0. The van der Waals surface area contributed by atoms with Crippen molar-refractivity contribution < 1.29 is 0 Å². The number of rotatable bonds is 5. The predicted molar refractivity (Wildman–Crippen MR) is 83.8 cm³/mol. The van der Waals surface area contributed by atoms with Gasteiger partial charge < -0.3 is 10.2 Å². The van der Waals surface area contributed by atoms with Gasteiger partial charge in [-0.05, 0) is 36.4 Å². The molecule has 0 aromatic heterocycles. The van der Waals surface area contributed by atoms with Crippen LogP contribution in [0.1, 0.15) is 33.3 Å². The lowest BCUT2D eigenvalue weighted by atomic mass is 9.92. The Labute approximate surface area is 118 Å². The molecule has 1 heterocycles. The van der Waals surface area contributed by atoms with Gasteiger partial charge in [-0.1, -0.05) is 45.9 Å². The van der Waals surface area contributed by atoms with E-state index in [2.05, 4.69) is 62.2 Å². The van der Waals surface area contributed by atoms with E-state index in [1.807, 2.05) is 0 Å². The highest BCUT2D eigenvalue weighted by Gasteiger charge is 2.24. The monoisotopic (exact) mass is 260 g/mol. The number of nitrogens with one attached hydrogen (secondary N) is 1. The van der Waals surface area contributed by atoms with Crippen LogP contribution in [0.5, 0.6) is 0 Å². The fraction of sp³-hybridized carbons (Fsp3) is 0.647. The number of benzene rings is 1. The molecule has 1 aromatic carbocycles. The zero-order valence-electron chi connectivity index (χ0n) is 12.8. The number of likely N-dealkylation sites (N-methyl/N-ethyl adjacent to an activating group) is 1. The first kappa shape index (κ1) is 14.4. The third-order valence-corrected chi connectivity index (χ3v) is 4.12. The minimum absolute atomic E-state index is 0.573. The maximum absolute atomic E-state index is 3.63. The molecule has 19 heavy (non-hydrogen) atoms. The molecule has 0 radical (unpaired) electrons. The average Bonchev–Trinajstić information content (AvgIpc) is 2.37. The van der Waals surface area contributed by atoms with Crippen molar-refractivity contribution in [3.05, 3.63) is 29.8 Å². The van der Waals surface area contributed by atoms with Crippen LogP contribution in [-0.4, -0.2) is 25.7 Å². The van der Waals surface area contributed by atoms with Crippen molar-refractivity contribution in [2.75, 3.05) is 24.5 Å². The zero-order chi connectivity index (χ0) is 13.8. The van der Waals surface area contributed by atoms with Crippen LogP contribution in [0.15, 0.2) is 24.3 Å². The summed E-state index contributed by atoms with van der Waals surface area (Å²) in [5.74, 6) is 1.42. The fourth-order valence-corrected chi connectivity index (χ4v) is 3.09. The minimum Gasteiger partial charge on any atom is -0.369 e. The Morgan fingerprint density at radius 3 is 2.74 bits per heavy atom. The maximum atomic E-state index is 3.63. The zero-order valence-corrected chi connectivity index (χ0v) is 12.8. The Morgan fingerprint density at radius 2 is 2.05 bits per heavy atom. The number of anilines is 1. The van der Waals surface area contributed by atoms with E-state index in [9.17, 15) is 0 Å². The molecule has 1 aromatic rings. The number of nitrogens with zero attached hydrogens (tertiary/aromatic N) is 1. The standard InChI is InChI=1S/C17H28N2/c1-5-18-16(13(2)3)12-19-11-14(4)10-15-8-6-7-9-17(15)19/h6-9,13-14,16,18H,5,10-12H2,1-4H3. The molecule has 0 aliphatic carbocycles. The quantitative estimate of drug-likeness (QED) is 0.873. The van der Waals surface area contributed by atoms with Gasteiger partial charge in [-0.25, -0.2) is 0 Å². The molecule has 2 heteroatoms. The second-order valence-corrected chi connectivity index (χ2v) is 6.25. The van der Waals surface area contributed by atoms with E-state index in [0.29, 0.717) is 12.0 Å². The minimum atomic E-state index is 0.573. The molecule has 1 N–H and O–H groups in total. The SMILES string of the molecule is CCNC(CN1CC(C)Cc2ccccc21)C(C)C. The topological polar surface area (TPSA) is 15.3 Å². The summed E-state index contributed by atoms with van der Waals surface area (Å²) in [5, 5.41) is 3.63. The molecule has 0 fully saturated rings. The van der Waals surface area contributed by atoms with Gasteiger partial charge in [-0.15, -0.1) is 0 Å². The molecule has 0 spiro atoms. The Balaban J connectivity index is 2.15. The normalized spacial score (nSPS) is 20.5. The smallest absolute Gasteiger partial charge is 0.0399 e. The largest absolute Gasteiger partial charge is 0.369 e. The molecule has 0 bridgehead atoms. The first-order valence-electron chi connectivity index (χ1n) is 7.68. The van der Waals surface area contributed by atoms with Crippen LogP contribution < -0.4 is 10.2 Å². The molecule has 0 amide bonds. The van der Waals surface area contributed by atoms with E-state index >= 15 is 0 Å². The molecular weight excluding hydrogens is 232 g/mol. The predicted octanol–water partition coefficient (Wildman–Crippen LogP) is 3.32. The molecule has 0 saturated heterocycles. The van der Waals surface area contributed by atoms with E-state index in [1.165, 1.54) is 24.2 Å². The van der Waals surface area contributed by atoms with E-state index in [1.54, 1.807) is 0 Å². The van der Waals surface area contributed by atoms with E-state index in [0.717, 1.165) is 19.0 Å². The second kappa shape index (κ2) is 6.42. The van der Waals surface area contributed by atoms with Crippen molar-refractivity contribution in [3.63, 3.8) is 0 Å². The summed E-state index contributed by atoms with van der Waals surface area (Å²) in [5.41, 5.74) is 2.96. The number of hydrogen-bond donors (Lipinski definition) is 1. The van der Waals surface area contributed by atoms with Gasteiger partial charge in [-0.2, -0.15) is 0 Å². The maximum Gasteiger partial charge on any atom is 0.0399 e. The van der Waals surface area contributed by atoms with Gasteiger partial charge in [0.2, 0.25) is 0 Å². The van der Waals surface area contributed by atoms with Crippen molar-refractivity contribution >= 4 is 5.69 Å². The third-order valence-electron chi connectivity index (χ3n) is 4.12. The third kappa shape index (κ3) is 3.50. The van der Waals surface area contributed by atoms with E-state index in [4.69, 9.17) is 0 Å². The molecule has 0 saturated carbocycles. The highest BCUT2D eigenvalue weighted by molar-refractivity contribution is 5.55. The van der Waals surface area contributed by atoms with Crippen molar-refractivity contribution in [3.8, 4) is 0 Å². The van der Waals surface area contributed by atoms with E-state index < -0.39 is 0 Å². The number of hydrogen-bond acceptors (Lipinski definition) is 2. The number of para-hydroxylation sites is 1. The molecule has 2 rings (SSSR count).